The molecule has 0 fully saturated rings. The Kier molecular flexibility index (Phi) is 6.97. The van der Waals surface area contributed by atoms with Crippen LogP contribution in [0.15, 0.2) is 48.5 Å². The number of hydrogen-bond donors (Lipinski definition) is 2. The Morgan fingerprint density at radius 1 is 1.04 bits per heavy atom. The predicted molar refractivity (Wildman–Crippen MR) is 98.1 cm³/mol. The minimum absolute atomic E-state index is 0.0995. The van der Waals surface area contributed by atoms with Crippen molar-refractivity contribution in [1.29, 1.82) is 0 Å². The summed E-state index contributed by atoms with van der Waals surface area (Å²) in [5, 5.41) is 4.80. The standard InChI is InChI=1S/C20H18F2N2O4/c1-23-19(26)18(14-8-9-15(21)16(22)11-14)24-17(25)10-5-12-3-6-13(7-4-12)20(27)28-2/h3-11,18H,1-2H3,(H,23,26)(H,24,25). The third-order valence-electron chi connectivity index (χ3n) is 3.83. The van der Waals surface area contributed by atoms with Crippen molar-refractivity contribution in [3.8, 4) is 0 Å². The summed E-state index contributed by atoms with van der Waals surface area (Å²) in [6, 6.07) is 8.06. The van der Waals surface area contributed by atoms with Gasteiger partial charge in [-0.1, -0.05) is 18.2 Å². The van der Waals surface area contributed by atoms with Crippen LogP contribution in [0.5, 0.6) is 0 Å². The van der Waals surface area contributed by atoms with Crippen molar-refractivity contribution in [3.63, 3.8) is 0 Å². The predicted octanol–water partition coefficient (Wildman–Crippen LogP) is 2.37. The molecule has 0 aromatic heterocycles. The van der Waals surface area contributed by atoms with Gasteiger partial charge in [-0.05, 0) is 41.5 Å². The largest absolute Gasteiger partial charge is 0.465 e. The average Bonchev–Trinajstić information content (AvgIpc) is 2.71. The van der Waals surface area contributed by atoms with Gasteiger partial charge in [0.05, 0.1) is 12.7 Å². The maximum Gasteiger partial charge on any atom is 0.337 e. The van der Waals surface area contributed by atoms with Crippen LogP contribution in [0.4, 0.5) is 8.78 Å². The van der Waals surface area contributed by atoms with Crippen molar-refractivity contribution in [2.24, 2.45) is 0 Å². The second-order valence-electron chi connectivity index (χ2n) is 5.68. The van der Waals surface area contributed by atoms with E-state index in [2.05, 4.69) is 15.4 Å². The van der Waals surface area contributed by atoms with E-state index in [4.69, 9.17) is 0 Å². The minimum Gasteiger partial charge on any atom is -0.465 e. The number of rotatable bonds is 6. The van der Waals surface area contributed by atoms with Gasteiger partial charge in [0.15, 0.2) is 11.6 Å². The Morgan fingerprint density at radius 3 is 2.29 bits per heavy atom. The molecule has 0 spiro atoms. The molecule has 0 heterocycles. The number of halogens is 2. The molecule has 2 amide bonds. The molecule has 146 valence electrons. The Hall–Kier alpha value is -3.55. The van der Waals surface area contributed by atoms with Crippen LogP contribution in [0, 0.1) is 11.6 Å². The highest BCUT2D eigenvalue weighted by Gasteiger charge is 2.22. The van der Waals surface area contributed by atoms with Gasteiger partial charge in [-0.2, -0.15) is 0 Å². The van der Waals surface area contributed by atoms with Crippen LogP contribution >= 0.6 is 0 Å². The fourth-order valence-corrected chi connectivity index (χ4v) is 2.35. The van der Waals surface area contributed by atoms with Gasteiger partial charge in [0, 0.05) is 13.1 Å². The van der Waals surface area contributed by atoms with Gasteiger partial charge in [-0.15, -0.1) is 0 Å². The third kappa shape index (κ3) is 5.23. The first-order valence-electron chi connectivity index (χ1n) is 8.19. The molecule has 2 rings (SSSR count). The summed E-state index contributed by atoms with van der Waals surface area (Å²) in [7, 11) is 2.64. The van der Waals surface area contributed by atoms with Gasteiger partial charge in [0.25, 0.3) is 0 Å². The van der Waals surface area contributed by atoms with Crippen LogP contribution in [0.1, 0.15) is 27.5 Å². The molecule has 28 heavy (non-hydrogen) atoms. The molecule has 0 saturated carbocycles. The number of likely N-dealkylation sites (N-methyl/N-ethyl adjacent to an activating group) is 1. The molecule has 1 atom stereocenters. The van der Waals surface area contributed by atoms with Crippen molar-refractivity contribution < 1.29 is 27.9 Å². The smallest absolute Gasteiger partial charge is 0.337 e. The second kappa shape index (κ2) is 9.40. The number of nitrogens with one attached hydrogen (secondary N) is 2. The van der Waals surface area contributed by atoms with Crippen LogP contribution in [0.2, 0.25) is 0 Å². The molecule has 0 bridgehead atoms. The SMILES string of the molecule is CNC(=O)C(NC(=O)C=Cc1ccc(C(=O)OC)cc1)c1ccc(F)c(F)c1. The molecule has 6 nitrogen and oxygen atoms in total. The lowest BCUT2D eigenvalue weighted by Crippen LogP contribution is -2.38. The average molecular weight is 388 g/mol. The summed E-state index contributed by atoms with van der Waals surface area (Å²) in [6.45, 7) is 0. The van der Waals surface area contributed by atoms with E-state index in [-0.39, 0.29) is 5.56 Å². The molecular weight excluding hydrogens is 370 g/mol. The molecular formula is C20H18F2N2O4. The van der Waals surface area contributed by atoms with Crippen molar-refractivity contribution in [2.45, 2.75) is 6.04 Å². The van der Waals surface area contributed by atoms with Crippen molar-refractivity contribution in [1.82, 2.24) is 10.6 Å². The molecule has 0 saturated heterocycles. The maximum atomic E-state index is 13.5. The molecule has 2 aromatic carbocycles. The summed E-state index contributed by atoms with van der Waals surface area (Å²) in [5.74, 6) is -3.86. The lowest BCUT2D eigenvalue weighted by atomic mass is 10.1. The van der Waals surface area contributed by atoms with Gasteiger partial charge < -0.3 is 15.4 Å². The molecule has 1 unspecified atom stereocenters. The topological polar surface area (TPSA) is 84.5 Å². The fraction of sp³-hybridized carbons (Fsp3) is 0.150. The zero-order valence-electron chi connectivity index (χ0n) is 15.2. The Balaban J connectivity index is 2.12. The molecule has 8 heteroatoms. The number of ether oxygens (including phenoxy) is 1. The summed E-state index contributed by atoms with van der Waals surface area (Å²) in [6.07, 6.45) is 2.66. The first-order valence-corrected chi connectivity index (χ1v) is 8.19. The van der Waals surface area contributed by atoms with E-state index in [0.717, 1.165) is 12.1 Å². The molecule has 0 radical (unpaired) electrons. The number of hydrogen-bond acceptors (Lipinski definition) is 4. The van der Waals surface area contributed by atoms with E-state index in [1.165, 1.54) is 44.5 Å². The van der Waals surface area contributed by atoms with Gasteiger partial charge in [0.1, 0.15) is 6.04 Å². The van der Waals surface area contributed by atoms with Crippen LogP contribution in [-0.2, 0) is 14.3 Å². The minimum atomic E-state index is -1.20. The number of methoxy groups -OCH3 is 1. The van der Waals surface area contributed by atoms with E-state index in [9.17, 15) is 23.2 Å². The maximum absolute atomic E-state index is 13.5. The third-order valence-corrected chi connectivity index (χ3v) is 3.83. The summed E-state index contributed by atoms with van der Waals surface area (Å²) in [4.78, 5) is 35.6. The summed E-state index contributed by atoms with van der Waals surface area (Å²) in [5.41, 5.74) is 1.09. The van der Waals surface area contributed by atoms with Crippen molar-refractivity contribution >= 4 is 23.9 Å². The molecule has 2 N–H and O–H groups in total. The van der Waals surface area contributed by atoms with Gasteiger partial charge >= 0.3 is 5.97 Å². The Morgan fingerprint density at radius 2 is 1.71 bits per heavy atom. The Bertz CT molecular complexity index is 911. The number of esters is 1. The summed E-state index contributed by atoms with van der Waals surface area (Å²) < 4.78 is 31.2. The quantitative estimate of drug-likeness (QED) is 0.588. The highest BCUT2D eigenvalue weighted by Crippen LogP contribution is 2.17. The first kappa shape index (κ1) is 20.8. The summed E-state index contributed by atoms with van der Waals surface area (Å²) >= 11 is 0. The highest BCUT2D eigenvalue weighted by molar-refractivity contribution is 5.96. The number of carbonyl (C=O) groups is 3. The van der Waals surface area contributed by atoms with Gasteiger partial charge in [0.2, 0.25) is 11.8 Å². The van der Waals surface area contributed by atoms with E-state index < -0.39 is 35.5 Å². The fourth-order valence-electron chi connectivity index (χ4n) is 2.35. The number of amides is 2. The van der Waals surface area contributed by atoms with E-state index in [0.29, 0.717) is 11.1 Å². The van der Waals surface area contributed by atoms with Crippen LogP contribution < -0.4 is 10.6 Å². The molecule has 2 aromatic rings. The number of benzene rings is 2. The van der Waals surface area contributed by atoms with E-state index in [1.54, 1.807) is 12.1 Å². The first-order chi connectivity index (χ1) is 13.3. The molecule has 0 aliphatic heterocycles. The number of carbonyl (C=O) groups excluding carboxylic acids is 3. The lowest BCUT2D eigenvalue weighted by molar-refractivity contribution is -0.126. The highest BCUT2D eigenvalue weighted by atomic mass is 19.2. The normalized spacial score (nSPS) is 11.7. The van der Waals surface area contributed by atoms with Crippen LogP contribution in [0.3, 0.4) is 0 Å². The van der Waals surface area contributed by atoms with E-state index >= 15 is 0 Å². The molecule has 0 aliphatic carbocycles. The van der Waals surface area contributed by atoms with Crippen LogP contribution in [0.25, 0.3) is 6.08 Å². The van der Waals surface area contributed by atoms with E-state index in [1.807, 2.05) is 0 Å². The van der Waals surface area contributed by atoms with Crippen LogP contribution in [-0.4, -0.2) is 31.9 Å². The monoisotopic (exact) mass is 388 g/mol. The zero-order chi connectivity index (χ0) is 20.7. The Labute approximate surface area is 160 Å². The van der Waals surface area contributed by atoms with Gasteiger partial charge in [-0.25, -0.2) is 13.6 Å². The van der Waals surface area contributed by atoms with Crippen molar-refractivity contribution in [2.75, 3.05) is 14.2 Å². The van der Waals surface area contributed by atoms with Gasteiger partial charge in [-0.3, -0.25) is 9.59 Å². The zero-order valence-corrected chi connectivity index (χ0v) is 15.2. The van der Waals surface area contributed by atoms with Crippen molar-refractivity contribution in [3.05, 3.63) is 76.9 Å². The lowest BCUT2D eigenvalue weighted by Gasteiger charge is -2.17. The molecule has 0 aliphatic rings. The second-order valence-corrected chi connectivity index (χ2v) is 5.68.